The van der Waals surface area contributed by atoms with Crippen molar-refractivity contribution < 1.29 is 4.79 Å². The van der Waals surface area contributed by atoms with Crippen LogP contribution >= 0.6 is 0 Å². The number of carbonyl (C=O) groups is 1. The topological polar surface area (TPSA) is 58.1 Å². The van der Waals surface area contributed by atoms with E-state index < -0.39 is 0 Å². The van der Waals surface area contributed by atoms with Gasteiger partial charge in [0.1, 0.15) is 0 Å². The molecule has 2 aromatic carbocycles. The minimum absolute atomic E-state index is 0.110. The maximum Gasteiger partial charge on any atom is 0.261 e. The molecule has 1 N–H and O–H groups in total. The molecule has 1 aromatic heterocycles. The van der Waals surface area contributed by atoms with Crippen molar-refractivity contribution in [2.45, 2.75) is 33.6 Å². The summed E-state index contributed by atoms with van der Waals surface area (Å²) in [4.78, 5) is 23.2. The van der Waals surface area contributed by atoms with E-state index in [1.54, 1.807) is 17.3 Å². The summed E-state index contributed by atoms with van der Waals surface area (Å²) in [5.74, 6) is 0.846. The molecule has 1 amide bonds. The summed E-state index contributed by atoms with van der Waals surface area (Å²) >= 11 is 0. The van der Waals surface area contributed by atoms with Gasteiger partial charge in [0.2, 0.25) is 5.95 Å². The zero-order valence-corrected chi connectivity index (χ0v) is 16.8. The van der Waals surface area contributed by atoms with Gasteiger partial charge in [0, 0.05) is 30.3 Å². The summed E-state index contributed by atoms with van der Waals surface area (Å²) in [6.45, 7) is 8.87. The smallest absolute Gasteiger partial charge is 0.261 e. The van der Waals surface area contributed by atoms with Gasteiger partial charge in [-0.15, -0.1) is 0 Å². The summed E-state index contributed by atoms with van der Waals surface area (Å²) < 4.78 is 0. The average Bonchev–Trinajstić information content (AvgIpc) is 2.69. The quantitative estimate of drug-likeness (QED) is 0.634. The van der Waals surface area contributed by atoms with E-state index in [4.69, 9.17) is 0 Å². The van der Waals surface area contributed by atoms with Gasteiger partial charge in [0.15, 0.2) is 0 Å². The van der Waals surface area contributed by atoms with Crippen LogP contribution in [-0.4, -0.2) is 22.4 Å². The lowest BCUT2D eigenvalue weighted by Gasteiger charge is -2.21. The number of rotatable bonds is 6. The van der Waals surface area contributed by atoms with Crippen LogP contribution < -0.4 is 10.2 Å². The first-order valence-electron chi connectivity index (χ1n) is 9.55. The molecular weight excluding hydrogens is 348 g/mol. The predicted molar refractivity (Wildman–Crippen MR) is 114 cm³/mol. The Kier molecular flexibility index (Phi) is 6.04. The molecular formula is C23H26N4O. The fourth-order valence-corrected chi connectivity index (χ4v) is 2.98. The Labute approximate surface area is 166 Å². The molecule has 0 aliphatic carbocycles. The van der Waals surface area contributed by atoms with E-state index in [1.807, 2.05) is 50.2 Å². The number of hydrogen-bond acceptors (Lipinski definition) is 4. The van der Waals surface area contributed by atoms with Crippen molar-refractivity contribution in [3.63, 3.8) is 0 Å². The van der Waals surface area contributed by atoms with Crippen molar-refractivity contribution in [2.24, 2.45) is 0 Å². The average molecular weight is 374 g/mol. The third kappa shape index (κ3) is 4.55. The Hall–Kier alpha value is -3.21. The zero-order valence-electron chi connectivity index (χ0n) is 16.8. The van der Waals surface area contributed by atoms with Gasteiger partial charge in [0.25, 0.3) is 5.91 Å². The molecule has 144 valence electrons. The highest BCUT2D eigenvalue weighted by atomic mass is 16.2. The Morgan fingerprint density at radius 1 is 1.07 bits per heavy atom. The minimum atomic E-state index is -0.110. The first-order chi connectivity index (χ1) is 13.5. The van der Waals surface area contributed by atoms with Gasteiger partial charge in [-0.2, -0.15) is 0 Å². The Balaban J connectivity index is 1.73. The van der Waals surface area contributed by atoms with Gasteiger partial charge < -0.3 is 10.2 Å². The number of aromatic nitrogens is 2. The number of amides is 1. The van der Waals surface area contributed by atoms with Gasteiger partial charge >= 0.3 is 0 Å². The summed E-state index contributed by atoms with van der Waals surface area (Å²) in [6, 6.07) is 16.1. The largest absolute Gasteiger partial charge is 0.324 e. The van der Waals surface area contributed by atoms with E-state index in [0.717, 1.165) is 16.9 Å². The predicted octanol–water partition coefficient (Wildman–Crippen LogP) is 5.32. The molecule has 5 nitrogen and oxygen atoms in total. The molecule has 5 heteroatoms. The van der Waals surface area contributed by atoms with Crippen molar-refractivity contribution in [2.75, 3.05) is 16.8 Å². The normalized spacial score (nSPS) is 10.8. The highest BCUT2D eigenvalue weighted by molar-refractivity contribution is 6.05. The number of nitrogens with one attached hydrogen (secondary N) is 1. The van der Waals surface area contributed by atoms with E-state index in [2.05, 4.69) is 41.3 Å². The number of nitrogens with zero attached hydrogens (tertiary/aromatic N) is 3. The van der Waals surface area contributed by atoms with Crippen LogP contribution in [0, 0.1) is 6.92 Å². The second-order valence-corrected chi connectivity index (χ2v) is 7.09. The maximum absolute atomic E-state index is 12.9. The molecule has 3 aromatic rings. The lowest BCUT2D eigenvalue weighted by Crippen LogP contribution is -2.30. The highest BCUT2D eigenvalue weighted by Gasteiger charge is 2.17. The van der Waals surface area contributed by atoms with Crippen LogP contribution in [0.25, 0.3) is 0 Å². The van der Waals surface area contributed by atoms with E-state index in [0.29, 0.717) is 24.0 Å². The van der Waals surface area contributed by atoms with Crippen molar-refractivity contribution in [1.29, 1.82) is 0 Å². The third-order valence-corrected chi connectivity index (χ3v) is 4.61. The Morgan fingerprint density at radius 3 is 2.32 bits per heavy atom. The summed E-state index contributed by atoms with van der Waals surface area (Å²) in [5, 5.41) is 3.17. The second-order valence-electron chi connectivity index (χ2n) is 7.09. The first kappa shape index (κ1) is 19.5. The molecule has 0 spiro atoms. The van der Waals surface area contributed by atoms with Crippen LogP contribution in [0.5, 0.6) is 0 Å². The van der Waals surface area contributed by atoms with Gasteiger partial charge in [-0.1, -0.05) is 38.1 Å². The number of anilines is 3. The molecule has 1 heterocycles. The van der Waals surface area contributed by atoms with Crippen molar-refractivity contribution in [3.05, 3.63) is 77.6 Å². The lowest BCUT2D eigenvalue weighted by molar-refractivity contribution is 0.0987. The standard InChI is InChI=1S/C23H26N4O/c1-5-27(21-8-6-7-17(4)13-21)22(28)19-14-24-23(25-15-19)26-20-11-9-18(10-12-20)16(2)3/h6-16H,5H2,1-4H3,(H,24,25,26). The molecule has 0 atom stereocenters. The van der Waals surface area contributed by atoms with Crippen molar-refractivity contribution in [3.8, 4) is 0 Å². The van der Waals surface area contributed by atoms with Crippen LogP contribution in [0.2, 0.25) is 0 Å². The van der Waals surface area contributed by atoms with E-state index in [9.17, 15) is 4.79 Å². The van der Waals surface area contributed by atoms with Gasteiger partial charge in [0.05, 0.1) is 5.56 Å². The van der Waals surface area contributed by atoms with Crippen LogP contribution in [0.1, 0.15) is 48.2 Å². The fraction of sp³-hybridized carbons (Fsp3) is 0.261. The monoisotopic (exact) mass is 374 g/mol. The van der Waals surface area contributed by atoms with Crippen molar-refractivity contribution >= 4 is 23.2 Å². The molecule has 0 saturated carbocycles. The van der Waals surface area contributed by atoms with Crippen LogP contribution in [-0.2, 0) is 0 Å². The lowest BCUT2D eigenvalue weighted by atomic mass is 10.0. The first-order valence-corrected chi connectivity index (χ1v) is 9.55. The fourth-order valence-electron chi connectivity index (χ4n) is 2.98. The molecule has 0 fully saturated rings. The number of carbonyl (C=O) groups excluding carboxylic acids is 1. The van der Waals surface area contributed by atoms with Gasteiger partial charge in [-0.25, -0.2) is 9.97 Å². The SMILES string of the molecule is CCN(C(=O)c1cnc(Nc2ccc(C(C)C)cc2)nc1)c1cccc(C)c1. The summed E-state index contributed by atoms with van der Waals surface area (Å²) in [7, 11) is 0. The molecule has 0 unspecified atom stereocenters. The van der Waals surface area contributed by atoms with Gasteiger partial charge in [-0.05, 0) is 55.2 Å². The summed E-state index contributed by atoms with van der Waals surface area (Å²) in [5.41, 5.74) is 4.65. The highest BCUT2D eigenvalue weighted by Crippen LogP contribution is 2.20. The maximum atomic E-state index is 12.9. The molecule has 0 bridgehead atoms. The Bertz CT molecular complexity index is 934. The number of aryl methyl sites for hydroxylation is 1. The van der Waals surface area contributed by atoms with Crippen molar-refractivity contribution in [1.82, 2.24) is 9.97 Å². The van der Waals surface area contributed by atoms with E-state index in [1.165, 1.54) is 5.56 Å². The van der Waals surface area contributed by atoms with Gasteiger partial charge in [-0.3, -0.25) is 4.79 Å². The molecule has 0 aliphatic rings. The third-order valence-electron chi connectivity index (χ3n) is 4.61. The molecule has 3 rings (SSSR count). The number of benzene rings is 2. The molecule has 0 aliphatic heterocycles. The summed E-state index contributed by atoms with van der Waals surface area (Å²) in [6.07, 6.45) is 3.14. The van der Waals surface area contributed by atoms with E-state index in [-0.39, 0.29) is 5.91 Å². The van der Waals surface area contributed by atoms with Crippen LogP contribution in [0.4, 0.5) is 17.3 Å². The van der Waals surface area contributed by atoms with Crippen LogP contribution in [0.15, 0.2) is 60.9 Å². The molecule has 28 heavy (non-hydrogen) atoms. The van der Waals surface area contributed by atoms with Crippen LogP contribution in [0.3, 0.4) is 0 Å². The van der Waals surface area contributed by atoms with E-state index >= 15 is 0 Å². The zero-order chi connectivity index (χ0) is 20.1. The molecule has 0 radical (unpaired) electrons. The Morgan fingerprint density at radius 2 is 1.75 bits per heavy atom. The molecule has 0 saturated heterocycles. The number of hydrogen-bond donors (Lipinski definition) is 1. The second kappa shape index (κ2) is 8.65. The minimum Gasteiger partial charge on any atom is -0.324 e.